The molecule has 0 aliphatic heterocycles. The molecule has 0 saturated heterocycles. The third-order valence-electron chi connectivity index (χ3n) is 4.41. The third-order valence-corrected chi connectivity index (χ3v) is 4.41. The molecule has 0 saturated carbocycles. The van der Waals surface area contributed by atoms with E-state index in [-0.39, 0.29) is 24.1 Å². The van der Waals surface area contributed by atoms with Crippen LogP contribution in [0.2, 0.25) is 0 Å². The number of carboxylic acid groups (broad SMARTS) is 1. The molecular formula is C20H33ClN2O4. The van der Waals surface area contributed by atoms with Crippen LogP contribution >= 0.6 is 12.4 Å². The summed E-state index contributed by atoms with van der Waals surface area (Å²) in [6.07, 6.45) is 3.81. The van der Waals surface area contributed by atoms with Crippen molar-refractivity contribution in [3.8, 4) is 0 Å². The van der Waals surface area contributed by atoms with Crippen molar-refractivity contribution in [2.24, 2.45) is 0 Å². The van der Waals surface area contributed by atoms with Crippen LogP contribution in [0, 0.1) is 0 Å². The van der Waals surface area contributed by atoms with E-state index in [2.05, 4.69) is 25.7 Å². The van der Waals surface area contributed by atoms with Crippen LogP contribution in [0.25, 0.3) is 0 Å². The van der Waals surface area contributed by atoms with Crippen molar-refractivity contribution >= 4 is 30.2 Å². The number of benzene rings is 1. The molecule has 0 unspecified atom stereocenters. The average Bonchev–Trinajstić information content (AvgIpc) is 2.65. The zero-order chi connectivity index (χ0) is 19.4. The van der Waals surface area contributed by atoms with Gasteiger partial charge in [-0.1, -0.05) is 40.0 Å². The molecule has 0 aliphatic rings. The largest absolute Gasteiger partial charge is 0.478 e. The van der Waals surface area contributed by atoms with Crippen molar-refractivity contribution in [2.45, 2.75) is 46.5 Å². The Labute approximate surface area is 168 Å². The number of nitrogens with zero attached hydrogens (tertiary/aromatic N) is 2. The Morgan fingerprint density at radius 2 is 1.59 bits per heavy atom. The van der Waals surface area contributed by atoms with Crippen LogP contribution in [0.15, 0.2) is 24.3 Å². The molecule has 0 heterocycles. The van der Waals surface area contributed by atoms with Gasteiger partial charge in [-0.2, -0.15) is 0 Å². The fourth-order valence-electron chi connectivity index (χ4n) is 2.69. The normalized spacial score (nSPS) is 10.4. The first-order chi connectivity index (χ1) is 12.5. The van der Waals surface area contributed by atoms with Crippen molar-refractivity contribution in [2.75, 3.05) is 37.7 Å². The van der Waals surface area contributed by atoms with Crippen molar-refractivity contribution in [3.05, 3.63) is 29.8 Å². The molecule has 0 aliphatic carbocycles. The first-order valence-corrected chi connectivity index (χ1v) is 9.53. The van der Waals surface area contributed by atoms with Gasteiger partial charge in [0, 0.05) is 18.8 Å². The molecule has 0 bridgehead atoms. The predicted molar refractivity (Wildman–Crippen MR) is 111 cm³/mol. The van der Waals surface area contributed by atoms with Gasteiger partial charge in [-0.15, -0.1) is 12.4 Å². The second-order valence-electron chi connectivity index (χ2n) is 6.21. The van der Waals surface area contributed by atoms with Crippen molar-refractivity contribution in [3.63, 3.8) is 0 Å². The summed E-state index contributed by atoms with van der Waals surface area (Å²) in [6, 6.07) is 6.35. The molecule has 0 radical (unpaired) electrons. The zero-order valence-corrected chi connectivity index (χ0v) is 17.5. The number of likely N-dealkylation sites (N-methyl/N-ethyl adjacent to an activating group) is 1. The molecule has 0 aromatic heterocycles. The number of aromatic carboxylic acids is 1. The molecule has 1 aromatic rings. The quantitative estimate of drug-likeness (QED) is 0.516. The summed E-state index contributed by atoms with van der Waals surface area (Å²) in [5.74, 6) is -0.979. The predicted octanol–water partition coefficient (Wildman–Crippen LogP) is 4.67. The van der Waals surface area contributed by atoms with Gasteiger partial charge in [0.15, 0.2) is 0 Å². The first kappa shape index (κ1) is 25.2. The second-order valence-corrected chi connectivity index (χ2v) is 6.21. The lowest BCUT2D eigenvalue weighted by Crippen LogP contribution is -2.35. The minimum atomic E-state index is -0.979. The van der Waals surface area contributed by atoms with Crippen LogP contribution in [-0.4, -0.2) is 54.9 Å². The third kappa shape index (κ3) is 9.11. The summed E-state index contributed by atoms with van der Waals surface area (Å²) in [5, 5.41) is 9.03. The lowest BCUT2D eigenvalue weighted by atomic mass is 10.1. The molecule has 1 N–H and O–H groups in total. The number of amides is 1. The van der Waals surface area contributed by atoms with E-state index in [1.165, 1.54) is 12.1 Å². The van der Waals surface area contributed by atoms with Gasteiger partial charge in [-0.05, 0) is 43.8 Å². The second kappa shape index (κ2) is 14.3. The van der Waals surface area contributed by atoms with Crippen molar-refractivity contribution in [1.29, 1.82) is 0 Å². The van der Waals surface area contributed by atoms with Gasteiger partial charge in [-0.25, -0.2) is 9.59 Å². The maximum Gasteiger partial charge on any atom is 0.414 e. The Morgan fingerprint density at radius 1 is 0.963 bits per heavy atom. The number of carboxylic acids is 1. The van der Waals surface area contributed by atoms with Gasteiger partial charge in [0.2, 0.25) is 0 Å². The van der Waals surface area contributed by atoms with Crippen molar-refractivity contribution < 1.29 is 19.4 Å². The van der Waals surface area contributed by atoms with E-state index in [0.717, 1.165) is 38.8 Å². The smallest absolute Gasteiger partial charge is 0.414 e. The highest BCUT2D eigenvalue weighted by Crippen LogP contribution is 2.18. The number of ether oxygens (including phenoxy) is 1. The highest BCUT2D eigenvalue weighted by atomic mass is 35.5. The molecule has 0 atom stereocenters. The van der Waals surface area contributed by atoms with Crippen LogP contribution in [0.3, 0.4) is 0 Å². The van der Waals surface area contributed by atoms with Crippen LogP contribution < -0.4 is 4.90 Å². The van der Waals surface area contributed by atoms with Crippen molar-refractivity contribution in [1.82, 2.24) is 4.90 Å². The Hall–Kier alpha value is -1.79. The van der Waals surface area contributed by atoms with Crippen LogP contribution in [0.1, 0.15) is 56.8 Å². The van der Waals surface area contributed by atoms with E-state index >= 15 is 0 Å². The molecule has 154 valence electrons. The number of halogens is 1. The molecule has 1 aromatic carbocycles. The van der Waals surface area contributed by atoms with Gasteiger partial charge in [-0.3, -0.25) is 4.90 Å². The van der Waals surface area contributed by atoms with Gasteiger partial charge >= 0.3 is 12.1 Å². The number of anilines is 1. The average molecular weight is 401 g/mol. The monoisotopic (exact) mass is 400 g/mol. The molecule has 6 nitrogen and oxygen atoms in total. The Bertz CT molecular complexity index is 547. The summed E-state index contributed by atoms with van der Waals surface area (Å²) in [5.41, 5.74) is 0.869. The number of carbonyl (C=O) groups excluding carboxylic acids is 1. The number of carbonyl (C=O) groups is 2. The highest BCUT2D eigenvalue weighted by Gasteiger charge is 2.17. The molecule has 27 heavy (non-hydrogen) atoms. The maximum absolute atomic E-state index is 12.6. The lowest BCUT2D eigenvalue weighted by Gasteiger charge is -2.24. The van der Waals surface area contributed by atoms with E-state index in [9.17, 15) is 9.59 Å². The zero-order valence-electron chi connectivity index (χ0n) is 16.6. The van der Waals surface area contributed by atoms with E-state index in [4.69, 9.17) is 9.84 Å². The molecule has 0 spiro atoms. The lowest BCUT2D eigenvalue weighted by molar-refractivity contribution is 0.0697. The molecule has 0 fully saturated rings. The van der Waals surface area contributed by atoms with Gasteiger partial charge in [0.1, 0.15) is 6.61 Å². The summed E-state index contributed by atoms with van der Waals surface area (Å²) in [4.78, 5) is 27.4. The topological polar surface area (TPSA) is 70.1 Å². The fourth-order valence-corrected chi connectivity index (χ4v) is 2.69. The molecular weight excluding hydrogens is 368 g/mol. The van der Waals surface area contributed by atoms with E-state index < -0.39 is 5.97 Å². The Morgan fingerprint density at radius 3 is 2.11 bits per heavy atom. The summed E-state index contributed by atoms with van der Waals surface area (Å²) in [6.45, 7) is 9.77. The van der Waals surface area contributed by atoms with Gasteiger partial charge in [0.05, 0.1) is 5.56 Å². The Kier molecular flexibility index (Phi) is 13.3. The standard InChI is InChI=1S/C20H32N2O4.ClH/c1-4-7-8-9-14-22(18-12-10-17(11-13-18)19(23)24)20(25)26-16-15-21(5-2)6-3;/h10-13H,4-9,14-16H2,1-3H3,(H,23,24);1H. The number of hydrogen-bond acceptors (Lipinski definition) is 4. The van der Waals surface area contributed by atoms with E-state index in [0.29, 0.717) is 25.4 Å². The minimum Gasteiger partial charge on any atom is -0.478 e. The highest BCUT2D eigenvalue weighted by molar-refractivity contribution is 5.90. The van der Waals surface area contributed by atoms with E-state index in [1.54, 1.807) is 17.0 Å². The van der Waals surface area contributed by atoms with Crippen LogP contribution in [0.4, 0.5) is 10.5 Å². The van der Waals surface area contributed by atoms with Gasteiger partial charge in [0.25, 0.3) is 0 Å². The molecule has 1 rings (SSSR count). The number of rotatable bonds is 12. The fraction of sp³-hybridized carbons (Fsp3) is 0.600. The van der Waals surface area contributed by atoms with E-state index in [1.807, 2.05) is 0 Å². The first-order valence-electron chi connectivity index (χ1n) is 9.53. The van der Waals surface area contributed by atoms with Crippen LogP contribution in [-0.2, 0) is 4.74 Å². The van der Waals surface area contributed by atoms with Crippen LogP contribution in [0.5, 0.6) is 0 Å². The number of unbranched alkanes of at least 4 members (excludes halogenated alkanes) is 3. The summed E-state index contributed by atoms with van der Waals surface area (Å²) in [7, 11) is 0. The van der Waals surface area contributed by atoms with Gasteiger partial charge < -0.3 is 14.7 Å². The Balaban J connectivity index is 0.00000676. The number of hydrogen-bond donors (Lipinski definition) is 1. The molecule has 7 heteroatoms. The maximum atomic E-state index is 12.6. The molecule has 1 amide bonds. The minimum absolute atomic E-state index is 0. The summed E-state index contributed by atoms with van der Waals surface area (Å²) < 4.78 is 5.46. The SMILES string of the molecule is CCCCCCN(C(=O)OCCN(CC)CC)c1ccc(C(=O)O)cc1.Cl. The summed E-state index contributed by atoms with van der Waals surface area (Å²) >= 11 is 0.